The van der Waals surface area contributed by atoms with Crippen molar-refractivity contribution < 1.29 is 5.11 Å². The second-order valence-corrected chi connectivity index (χ2v) is 14.9. The van der Waals surface area contributed by atoms with E-state index in [2.05, 4.69) is 32.6 Å². The van der Waals surface area contributed by atoms with Crippen LogP contribution in [-0.4, -0.2) is 36.2 Å². The van der Waals surface area contributed by atoms with Crippen LogP contribution < -0.4 is 0 Å². The van der Waals surface area contributed by atoms with Gasteiger partial charge in [-0.1, -0.05) is 233 Å². The van der Waals surface area contributed by atoms with E-state index in [0.29, 0.717) is 6.61 Å². The molecule has 0 aliphatic heterocycles. The van der Waals surface area contributed by atoms with E-state index in [1.165, 1.54) is 244 Å². The van der Waals surface area contributed by atoms with E-state index in [1.54, 1.807) is 0 Å². The third kappa shape index (κ3) is 46.0. The monoisotopic (exact) mass is 652 g/mol. The molecule has 0 unspecified atom stereocenters. The van der Waals surface area contributed by atoms with Crippen molar-refractivity contribution in [2.75, 3.05) is 26.2 Å². The van der Waals surface area contributed by atoms with Crippen molar-refractivity contribution in [2.45, 2.75) is 259 Å². The summed E-state index contributed by atoms with van der Waals surface area (Å²) in [4.78, 5) is 2.85. The maximum atomic E-state index is 8.42. The molecule has 280 valence electrons. The van der Waals surface area contributed by atoms with Crippen LogP contribution in [0.1, 0.15) is 259 Å². The Morgan fingerprint density at radius 2 is 0.413 bits per heavy atom. The Morgan fingerprint density at radius 3 is 0.609 bits per heavy atom. The van der Waals surface area contributed by atoms with Crippen molar-refractivity contribution in [3.05, 3.63) is 0 Å². The van der Waals surface area contributed by atoms with E-state index < -0.39 is 0 Å². The van der Waals surface area contributed by atoms with Crippen molar-refractivity contribution in [2.24, 2.45) is 0 Å². The van der Waals surface area contributed by atoms with E-state index in [4.69, 9.17) is 5.11 Å². The molecule has 0 heterocycles. The first kappa shape index (κ1) is 48.0. The van der Waals surface area contributed by atoms with Crippen LogP contribution in [-0.2, 0) is 0 Å². The predicted octanol–water partition coefficient (Wildman–Crippen LogP) is 15.4. The summed E-state index contributed by atoms with van der Waals surface area (Å²) in [7, 11) is 0. The number of nitrogens with zero attached hydrogens (tertiary/aromatic N) is 1. The summed E-state index contributed by atoms with van der Waals surface area (Å²) >= 11 is 0. The topological polar surface area (TPSA) is 23.5 Å². The van der Waals surface area contributed by atoms with Gasteiger partial charge in [-0.3, -0.25) is 0 Å². The average Bonchev–Trinajstić information content (AvgIpc) is 3.07. The minimum atomic E-state index is 0.367. The zero-order valence-electron chi connectivity index (χ0n) is 33.2. The summed E-state index contributed by atoms with van der Waals surface area (Å²) in [5, 5.41) is 8.42. The van der Waals surface area contributed by atoms with Crippen molar-refractivity contribution >= 4 is 0 Å². The van der Waals surface area contributed by atoms with Gasteiger partial charge in [0.25, 0.3) is 0 Å². The van der Waals surface area contributed by atoms with E-state index in [1.807, 2.05) is 0 Å². The molecule has 0 amide bonds. The maximum Gasteiger partial charge on any atom is 0.0431 e. The summed E-state index contributed by atoms with van der Waals surface area (Å²) in [5.41, 5.74) is 0. The summed E-state index contributed by atoms with van der Waals surface area (Å²) in [6.45, 7) is 13.6. The summed E-state index contributed by atoms with van der Waals surface area (Å²) in [6, 6.07) is 0. The van der Waals surface area contributed by atoms with Gasteiger partial charge in [0.05, 0.1) is 0 Å². The Kier molecular flexibility index (Phi) is 49.1. The Morgan fingerprint density at radius 1 is 0.239 bits per heavy atom. The minimum Gasteiger partial charge on any atom is -0.396 e. The molecule has 0 saturated heterocycles. The van der Waals surface area contributed by atoms with Crippen LogP contribution in [0.3, 0.4) is 0 Å². The molecule has 1 N–H and O–H groups in total. The van der Waals surface area contributed by atoms with Gasteiger partial charge < -0.3 is 10.0 Å². The smallest absolute Gasteiger partial charge is 0.0431 e. The number of hydrogen-bond donors (Lipinski definition) is 1. The zero-order chi connectivity index (χ0) is 33.9. The lowest BCUT2D eigenvalue weighted by Gasteiger charge is -2.22. The van der Waals surface area contributed by atoms with Gasteiger partial charge in [-0.05, 0) is 45.3 Å². The highest BCUT2D eigenvalue weighted by Crippen LogP contribution is 2.15. The van der Waals surface area contributed by atoms with Crippen molar-refractivity contribution in [3.8, 4) is 0 Å². The molecule has 0 aliphatic rings. The fraction of sp³-hybridized carbons (Fsp3) is 1.00. The normalized spacial score (nSPS) is 11.3. The van der Waals surface area contributed by atoms with Crippen molar-refractivity contribution in [1.29, 1.82) is 0 Å². The highest BCUT2D eigenvalue weighted by atomic mass is 16.2. The van der Waals surface area contributed by atoms with Crippen LogP contribution >= 0.6 is 0 Å². The average molecular weight is 652 g/mol. The van der Waals surface area contributed by atoms with Crippen LogP contribution in [0.15, 0.2) is 0 Å². The molecule has 0 fully saturated rings. The largest absolute Gasteiger partial charge is 0.396 e. The molecule has 0 atom stereocenters. The molecule has 0 aliphatic carbocycles. The third-order valence-corrected chi connectivity index (χ3v) is 10.00. The summed E-state index contributed by atoms with van der Waals surface area (Å²) in [5.74, 6) is 0. The van der Waals surface area contributed by atoms with Gasteiger partial charge >= 0.3 is 0 Å². The number of aliphatic hydroxyl groups is 1. The third-order valence-electron chi connectivity index (χ3n) is 10.00. The maximum absolute atomic E-state index is 8.42. The van der Waals surface area contributed by atoms with Crippen LogP contribution in [0.5, 0.6) is 0 Å². The van der Waals surface area contributed by atoms with Gasteiger partial charge in [0.1, 0.15) is 0 Å². The molecular weight excluding hydrogens is 558 g/mol. The van der Waals surface area contributed by atoms with Gasteiger partial charge in [-0.25, -0.2) is 0 Å². The number of rotatable bonds is 39. The zero-order valence-corrected chi connectivity index (χ0v) is 33.2. The molecule has 0 spiro atoms. The standard InChI is InChI=1S/C36H75N.C8H18O/c1-4-7-10-13-16-19-22-25-28-31-34-37(35-32-29-26-23-20-17-14-11-8-5-2)36-33-30-27-24-21-18-15-12-9-6-3;1-2-3-4-5-6-7-8-9/h4-36H2,1-3H3;9H,2-8H2,1H3. The Hall–Kier alpha value is -0.0800. The van der Waals surface area contributed by atoms with Gasteiger partial charge in [-0.2, -0.15) is 0 Å². The lowest BCUT2D eigenvalue weighted by molar-refractivity contribution is 0.254. The molecule has 0 aromatic heterocycles. The molecule has 0 rings (SSSR count). The Labute approximate surface area is 294 Å². The van der Waals surface area contributed by atoms with Gasteiger partial charge in [-0.15, -0.1) is 0 Å². The molecule has 2 nitrogen and oxygen atoms in total. The first-order chi connectivity index (χ1) is 22.8. The summed E-state index contributed by atoms with van der Waals surface area (Å²) < 4.78 is 0. The first-order valence-corrected chi connectivity index (χ1v) is 22.1. The van der Waals surface area contributed by atoms with Crippen molar-refractivity contribution in [1.82, 2.24) is 4.90 Å². The molecule has 0 radical (unpaired) electrons. The molecule has 0 saturated carbocycles. The van der Waals surface area contributed by atoms with Crippen molar-refractivity contribution in [3.63, 3.8) is 0 Å². The van der Waals surface area contributed by atoms with Gasteiger partial charge in [0.15, 0.2) is 0 Å². The highest BCUT2D eigenvalue weighted by molar-refractivity contribution is 4.61. The Bertz CT molecular complexity index is 417. The lowest BCUT2D eigenvalue weighted by atomic mass is 10.1. The van der Waals surface area contributed by atoms with Crippen LogP contribution in [0.2, 0.25) is 0 Å². The number of unbranched alkanes of at least 4 members (excludes halogenated alkanes) is 32. The van der Waals surface area contributed by atoms with Gasteiger partial charge in [0, 0.05) is 6.61 Å². The summed E-state index contributed by atoms with van der Waals surface area (Å²) in [6.07, 6.45) is 51.1. The van der Waals surface area contributed by atoms with E-state index in [0.717, 1.165) is 6.42 Å². The van der Waals surface area contributed by atoms with Crippen LogP contribution in [0.4, 0.5) is 0 Å². The van der Waals surface area contributed by atoms with Crippen LogP contribution in [0.25, 0.3) is 0 Å². The second kappa shape index (κ2) is 47.0. The Balaban J connectivity index is 0. The van der Waals surface area contributed by atoms with Crippen LogP contribution in [0, 0.1) is 0 Å². The van der Waals surface area contributed by atoms with Gasteiger partial charge in [0.2, 0.25) is 0 Å². The molecule has 46 heavy (non-hydrogen) atoms. The predicted molar refractivity (Wildman–Crippen MR) is 212 cm³/mol. The highest BCUT2D eigenvalue weighted by Gasteiger charge is 2.05. The first-order valence-electron chi connectivity index (χ1n) is 22.1. The quantitative estimate of drug-likeness (QED) is 0.0669. The fourth-order valence-electron chi connectivity index (χ4n) is 6.70. The molecule has 2 heteroatoms. The van der Waals surface area contributed by atoms with E-state index in [-0.39, 0.29) is 0 Å². The SMILES string of the molecule is CCCCCCCCCCCCN(CCCCCCCCCCCC)CCCCCCCCCCCC.CCCCCCCCO. The van der Waals surface area contributed by atoms with E-state index >= 15 is 0 Å². The number of hydrogen-bond acceptors (Lipinski definition) is 2. The minimum absolute atomic E-state index is 0.367. The van der Waals surface area contributed by atoms with E-state index in [9.17, 15) is 0 Å². The fourth-order valence-corrected chi connectivity index (χ4v) is 6.70. The number of aliphatic hydroxyl groups excluding tert-OH is 1. The molecular formula is C44H93NO. The molecule has 0 aromatic carbocycles. The molecule has 0 aromatic rings. The molecule has 0 bridgehead atoms. The second-order valence-electron chi connectivity index (χ2n) is 14.9. The lowest BCUT2D eigenvalue weighted by Crippen LogP contribution is -2.27.